The fourth-order valence-electron chi connectivity index (χ4n) is 2.01. The highest BCUT2D eigenvalue weighted by atomic mass is 16.1. The zero-order valence-corrected chi connectivity index (χ0v) is 11.7. The third kappa shape index (κ3) is 5.02. The SMILES string of the molecule is CCN(CC)CC(C)NCCn1ccccc1=O. The monoisotopic (exact) mass is 251 g/mol. The fourth-order valence-corrected chi connectivity index (χ4v) is 2.01. The average Bonchev–Trinajstić information content (AvgIpc) is 2.38. The minimum atomic E-state index is 0.0655. The molecular weight excluding hydrogens is 226 g/mol. The van der Waals surface area contributed by atoms with Gasteiger partial charge in [-0.15, -0.1) is 0 Å². The molecule has 18 heavy (non-hydrogen) atoms. The molecule has 4 nitrogen and oxygen atoms in total. The maximum absolute atomic E-state index is 11.5. The predicted molar refractivity (Wildman–Crippen MR) is 76.0 cm³/mol. The summed E-state index contributed by atoms with van der Waals surface area (Å²) in [5, 5.41) is 3.46. The zero-order chi connectivity index (χ0) is 13.4. The van der Waals surface area contributed by atoms with E-state index in [0.29, 0.717) is 6.04 Å². The molecule has 0 radical (unpaired) electrons. The Morgan fingerprint density at radius 3 is 2.67 bits per heavy atom. The molecule has 0 bridgehead atoms. The lowest BCUT2D eigenvalue weighted by molar-refractivity contribution is 0.270. The molecule has 0 saturated carbocycles. The van der Waals surface area contributed by atoms with Crippen LogP contribution in [-0.4, -0.2) is 41.7 Å². The van der Waals surface area contributed by atoms with Gasteiger partial charge >= 0.3 is 0 Å². The number of aromatic nitrogens is 1. The largest absolute Gasteiger partial charge is 0.314 e. The predicted octanol–water partition coefficient (Wildman–Crippen LogP) is 1.17. The summed E-state index contributed by atoms with van der Waals surface area (Å²) < 4.78 is 1.73. The molecule has 1 N–H and O–H groups in total. The summed E-state index contributed by atoms with van der Waals surface area (Å²) in [5.41, 5.74) is 0.0655. The van der Waals surface area contributed by atoms with Gasteiger partial charge in [-0.1, -0.05) is 19.9 Å². The summed E-state index contributed by atoms with van der Waals surface area (Å²) in [6.45, 7) is 11.3. The molecule has 1 aromatic rings. The fraction of sp³-hybridized carbons (Fsp3) is 0.643. The van der Waals surface area contributed by atoms with Gasteiger partial charge in [0.25, 0.3) is 5.56 Å². The van der Waals surface area contributed by atoms with Gasteiger partial charge in [-0.2, -0.15) is 0 Å². The van der Waals surface area contributed by atoms with E-state index in [0.717, 1.165) is 32.7 Å². The first-order chi connectivity index (χ1) is 8.67. The Morgan fingerprint density at radius 2 is 2.06 bits per heavy atom. The van der Waals surface area contributed by atoms with Crippen molar-refractivity contribution < 1.29 is 0 Å². The lowest BCUT2D eigenvalue weighted by Crippen LogP contribution is -2.40. The molecule has 0 aliphatic heterocycles. The Balaban J connectivity index is 2.29. The van der Waals surface area contributed by atoms with Crippen LogP contribution in [0.4, 0.5) is 0 Å². The summed E-state index contributed by atoms with van der Waals surface area (Å²) in [6, 6.07) is 5.71. The maximum atomic E-state index is 11.5. The van der Waals surface area contributed by atoms with Crippen molar-refractivity contribution in [3.05, 3.63) is 34.7 Å². The van der Waals surface area contributed by atoms with Crippen LogP contribution in [0.25, 0.3) is 0 Å². The van der Waals surface area contributed by atoms with Crippen molar-refractivity contribution in [2.45, 2.75) is 33.4 Å². The van der Waals surface area contributed by atoms with E-state index in [1.54, 1.807) is 16.7 Å². The van der Waals surface area contributed by atoms with Crippen LogP contribution in [0.1, 0.15) is 20.8 Å². The minimum absolute atomic E-state index is 0.0655. The van der Waals surface area contributed by atoms with E-state index >= 15 is 0 Å². The Labute approximate surface area is 110 Å². The molecule has 102 valence electrons. The van der Waals surface area contributed by atoms with Gasteiger partial charge < -0.3 is 14.8 Å². The van der Waals surface area contributed by atoms with E-state index in [9.17, 15) is 4.79 Å². The van der Waals surface area contributed by atoms with Gasteiger partial charge in [-0.05, 0) is 26.1 Å². The Hall–Kier alpha value is -1.13. The second-order valence-corrected chi connectivity index (χ2v) is 4.57. The molecule has 1 atom stereocenters. The lowest BCUT2D eigenvalue weighted by atomic mass is 10.3. The Bertz CT molecular complexity index is 385. The van der Waals surface area contributed by atoms with Crippen molar-refractivity contribution in [3.63, 3.8) is 0 Å². The summed E-state index contributed by atoms with van der Waals surface area (Å²) in [6.07, 6.45) is 1.83. The second kappa shape index (κ2) is 8.06. The molecule has 1 rings (SSSR count). The van der Waals surface area contributed by atoms with Crippen LogP contribution in [0.3, 0.4) is 0 Å². The highest BCUT2D eigenvalue weighted by Gasteiger charge is 2.05. The molecule has 4 heteroatoms. The maximum Gasteiger partial charge on any atom is 0.250 e. The lowest BCUT2D eigenvalue weighted by Gasteiger charge is -2.23. The number of nitrogens with zero attached hydrogens (tertiary/aromatic N) is 2. The van der Waals surface area contributed by atoms with E-state index in [4.69, 9.17) is 0 Å². The summed E-state index contributed by atoms with van der Waals surface area (Å²) in [7, 11) is 0. The molecule has 0 spiro atoms. The van der Waals surface area contributed by atoms with E-state index in [1.165, 1.54) is 0 Å². The van der Waals surface area contributed by atoms with Gasteiger partial charge in [-0.3, -0.25) is 4.79 Å². The van der Waals surface area contributed by atoms with Crippen molar-refractivity contribution in [2.24, 2.45) is 0 Å². The van der Waals surface area contributed by atoms with Crippen molar-refractivity contribution in [1.29, 1.82) is 0 Å². The normalized spacial score (nSPS) is 12.9. The van der Waals surface area contributed by atoms with Crippen LogP contribution >= 0.6 is 0 Å². The molecule has 0 aliphatic carbocycles. The van der Waals surface area contributed by atoms with Crippen molar-refractivity contribution >= 4 is 0 Å². The smallest absolute Gasteiger partial charge is 0.250 e. The number of likely N-dealkylation sites (N-methyl/N-ethyl adjacent to an activating group) is 1. The first kappa shape index (κ1) is 14.9. The van der Waals surface area contributed by atoms with E-state index in [1.807, 2.05) is 12.3 Å². The van der Waals surface area contributed by atoms with Gasteiger partial charge in [0.1, 0.15) is 0 Å². The van der Waals surface area contributed by atoms with E-state index < -0.39 is 0 Å². The van der Waals surface area contributed by atoms with Crippen LogP contribution in [0.2, 0.25) is 0 Å². The molecule has 1 aromatic heterocycles. The van der Waals surface area contributed by atoms with Crippen LogP contribution < -0.4 is 10.9 Å². The van der Waals surface area contributed by atoms with Gasteiger partial charge in [0.2, 0.25) is 0 Å². The minimum Gasteiger partial charge on any atom is -0.314 e. The molecule has 1 heterocycles. The molecule has 0 aromatic carbocycles. The summed E-state index contributed by atoms with van der Waals surface area (Å²) in [4.78, 5) is 13.9. The second-order valence-electron chi connectivity index (χ2n) is 4.57. The third-order valence-electron chi connectivity index (χ3n) is 3.17. The van der Waals surface area contributed by atoms with Crippen LogP contribution in [0, 0.1) is 0 Å². The quantitative estimate of drug-likeness (QED) is 0.753. The van der Waals surface area contributed by atoms with Crippen molar-refractivity contribution in [1.82, 2.24) is 14.8 Å². The number of pyridine rings is 1. The van der Waals surface area contributed by atoms with Crippen LogP contribution in [0.15, 0.2) is 29.2 Å². The van der Waals surface area contributed by atoms with Gasteiger partial charge in [-0.25, -0.2) is 0 Å². The highest BCUT2D eigenvalue weighted by molar-refractivity contribution is 4.93. The average molecular weight is 251 g/mol. The standard InChI is InChI=1S/C14H25N3O/c1-4-16(5-2)12-13(3)15-9-11-17-10-7-6-8-14(17)18/h6-8,10,13,15H,4-5,9,11-12H2,1-3H3. The van der Waals surface area contributed by atoms with Crippen molar-refractivity contribution in [2.75, 3.05) is 26.2 Å². The van der Waals surface area contributed by atoms with Gasteiger partial charge in [0.05, 0.1) is 0 Å². The zero-order valence-electron chi connectivity index (χ0n) is 11.7. The molecule has 1 unspecified atom stereocenters. The molecular formula is C14H25N3O. The third-order valence-corrected chi connectivity index (χ3v) is 3.17. The molecule has 0 fully saturated rings. The molecule has 0 saturated heterocycles. The molecule has 0 aliphatic rings. The Morgan fingerprint density at radius 1 is 1.33 bits per heavy atom. The number of nitrogens with one attached hydrogen (secondary N) is 1. The summed E-state index contributed by atoms with van der Waals surface area (Å²) in [5.74, 6) is 0. The molecule has 0 amide bonds. The van der Waals surface area contributed by atoms with Crippen LogP contribution in [-0.2, 0) is 6.54 Å². The van der Waals surface area contributed by atoms with Crippen molar-refractivity contribution in [3.8, 4) is 0 Å². The summed E-state index contributed by atoms with van der Waals surface area (Å²) >= 11 is 0. The highest BCUT2D eigenvalue weighted by Crippen LogP contribution is 1.91. The topological polar surface area (TPSA) is 37.3 Å². The number of hydrogen-bond acceptors (Lipinski definition) is 3. The number of hydrogen-bond donors (Lipinski definition) is 1. The van der Waals surface area contributed by atoms with Crippen LogP contribution in [0.5, 0.6) is 0 Å². The van der Waals surface area contributed by atoms with Gasteiger partial charge in [0.15, 0.2) is 0 Å². The Kier molecular flexibility index (Phi) is 6.68. The first-order valence-corrected chi connectivity index (χ1v) is 6.78. The van der Waals surface area contributed by atoms with E-state index in [-0.39, 0.29) is 5.56 Å². The number of rotatable bonds is 8. The van der Waals surface area contributed by atoms with Gasteiger partial charge in [0, 0.05) is 37.9 Å². The van der Waals surface area contributed by atoms with E-state index in [2.05, 4.69) is 31.0 Å². The first-order valence-electron chi connectivity index (χ1n) is 6.78.